The lowest BCUT2D eigenvalue weighted by atomic mass is 9.93. The fourth-order valence-electron chi connectivity index (χ4n) is 2.39. The SMILES string of the molecule is CCC(C)(OOC(C)(CC)c1ccccc1)c1ccccc1. The van der Waals surface area contributed by atoms with Crippen LogP contribution in [-0.4, -0.2) is 0 Å². The first-order valence-electron chi connectivity index (χ1n) is 8.02. The van der Waals surface area contributed by atoms with E-state index in [1.165, 1.54) is 0 Å². The fraction of sp³-hybridized carbons (Fsp3) is 0.400. The zero-order valence-corrected chi connectivity index (χ0v) is 14.0. The third-order valence-corrected chi connectivity index (χ3v) is 4.53. The van der Waals surface area contributed by atoms with Crippen molar-refractivity contribution >= 4 is 0 Å². The van der Waals surface area contributed by atoms with Crippen LogP contribution in [0.1, 0.15) is 51.7 Å². The monoisotopic (exact) mass is 298 g/mol. The summed E-state index contributed by atoms with van der Waals surface area (Å²) in [5, 5.41) is 0. The van der Waals surface area contributed by atoms with Crippen molar-refractivity contribution in [3.63, 3.8) is 0 Å². The Hall–Kier alpha value is -1.64. The molecule has 0 spiro atoms. The Bertz CT molecular complexity index is 513. The average Bonchev–Trinajstić information content (AvgIpc) is 2.61. The van der Waals surface area contributed by atoms with Crippen molar-refractivity contribution in [2.24, 2.45) is 0 Å². The van der Waals surface area contributed by atoms with Crippen molar-refractivity contribution in [2.75, 3.05) is 0 Å². The maximum absolute atomic E-state index is 5.98. The molecule has 0 aliphatic heterocycles. The van der Waals surface area contributed by atoms with Gasteiger partial charge in [0, 0.05) is 0 Å². The van der Waals surface area contributed by atoms with Gasteiger partial charge in [0.2, 0.25) is 0 Å². The summed E-state index contributed by atoms with van der Waals surface area (Å²) in [4.78, 5) is 12.0. The quantitative estimate of drug-likeness (QED) is 0.490. The molecule has 2 unspecified atom stereocenters. The molecule has 0 heterocycles. The molecule has 0 aliphatic carbocycles. The Balaban J connectivity index is 2.18. The summed E-state index contributed by atoms with van der Waals surface area (Å²) < 4.78 is 0. The Morgan fingerprint density at radius 3 is 1.23 bits per heavy atom. The highest BCUT2D eigenvalue weighted by Crippen LogP contribution is 2.35. The second-order valence-electron chi connectivity index (χ2n) is 6.07. The molecule has 2 aromatic rings. The maximum atomic E-state index is 5.98. The van der Waals surface area contributed by atoms with E-state index in [0.29, 0.717) is 0 Å². The summed E-state index contributed by atoms with van der Waals surface area (Å²) in [6.45, 7) is 8.37. The topological polar surface area (TPSA) is 18.5 Å². The third-order valence-electron chi connectivity index (χ3n) is 4.53. The Morgan fingerprint density at radius 1 is 0.636 bits per heavy atom. The van der Waals surface area contributed by atoms with Gasteiger partial charge in [-0.3, -0.25) is 0 Å². The van der Waals surface area contributed by atoms with E-state index in [-0.39, 0.29) is 0 Å². The molecule has 0 amide bonds. The number of rotatable bonds is 7. The number of hydrogen-bond donors (Lipinski definition) is 0. The van der Waals surface area contributed by atoms with Gasteiger partial charge in [0.25, 0.3) is 0 Å². The molecule has 2 rings (SSSR count). The largest absolute Gasteiger partial charge is 0.225 e. The minimum absolute atomic E-state index is 0.452. The molecule has 0 saturated heterocycles. The van der Waals surface area contributed by atoms with Crippen molar-refractivity contribution in [1.82, 2.24) is 0 Å². The minimum atomic E-state index is -0.452. The van der Waals surface area contributed by atoms with Crippen molar-refractivity contribution in [3.05, 3.63) is 71.8 Å². The smallest absolute Gasteiger partial charge is 0.125 e. The van der Waals surface area contributed by atoms with Crippen LogP contribution in [0.25, 0.3) is 0 Å². The highest BCUT2D eigenvalue weighted by molar-refractivity contribution is 5.22. The normalized spacial score (nSPS) is 16.7. The van der Waals surface area contributed by atoms with Crippen LogP contribution in [0.3, 0.4) is 0 Å². The molecular formula is C20H26O2. The van der Waals surface area contributed by atoms with Crippen molar-refractivity contribution in [2.45, 2.75) is 51.7 Å². The second-order valence-corrected chi connectivity index (χ2v) is 6.07. The Kier molecular flexibility index (Phi) is 5.38. The molecule has 2 aromatic carbocycles. The van der Waals surface area contributed by atoms with Gasteiger partial charge in [0.15, 0.2) is 0 Å². The van der Waals surface area contributed by atoms with Gasteiger partial charge in [-0.1, -0.05) is 74.5 Å². The molecule has 0 radical (unpaired) electrons. The van der Waals surface area contributed by atoms with Gasteiger partial charge in [-0.05, 0) is 37.8 Å². The lowest BCUT2D eigenvalue weighted by Gasteiger charge is -2.34. The molecule has 0 bridgehead atoms. The van der Waals surface area contributed by atoms with Crippen LogP contribution in [0.2, 0.25) is 0 Å². The summed E-state index contributed by atoms with van der Waals surface area (Å²) in [7, 11) is 0. The number of benzene rings is 2. The lowest BCUT2D eigenvalue weighted by molar-refractivity contribution is -0.418. The highest BCUT2D eigenvalue weighted by Gasteiger charge is 2.33. The van der Waals surface area contributed by atoms with Crippen LogP contribution in [0, 0.1) is 0 Å². The summed E-state index contributed by atoms with van der Waals surface area (Å²) in [5.74, 6) is 0. The van der Waals surface area contributed by atoms with E-state index in [4.69, 9.17) is 9.78 Å². The summed E-state index contributed by atoms with van der Waals surface area (Å²) in [6, 6.07) is 20.5. The van der Waals surface area contributed by atoms with Gasteiger partial charge in [0.05, 0.1) is 0 Å². The molecule has 118 valence electrons. The van der Waals surface area contributed by atoms with Gasteiger partial charge >= 0.3 is 0 Å². The predicted molar refractivity (Wildman–Crippen MR) is 90.3 cm³/mol. The van der Waals surface area contributed by atoms with E-state index in [9.17, 15) is 0 Å². The predicted octanol–water partition coefficient (Wildman–Crippen LogP) is 5.59. The zero-order valence-electron chi connectivity index (χ0n) is 14.0. The molecule has 0 saturated carbocycles. The lowest BCUT2D eigenvalue weighted by Crippen LogP contribution is -2.32. The van der Waals surface area contributed by atoms with Crippen LogP contribution in [0.5, 0.6) is 0 Å². The van der Waals surface area contributed by atoms with Crippen molar-refractivity contribution < 1.29 is 9.78 Å². The van der Waals surface area contributed by atoms with E-state index in [2.05, 4.69) is 52.0 Å². The maximum Gasteiger partial charge on any atom is 0.125 e. The van der Waals surface area contributed by atoms with Crippen LogP contribution >= 0.6 is 0 Å². The number of hydrogen-bond acceptors (Lipinski definition) is 2. The van der Waals surface area contributed by atoms with Crippen LogP contribution in [-0.2, 0) is 21.0 Å². The molecule has 0 N–H and O–H groups in total. The fourth-order valence-corrected chi connectivity index (χ4v) is 2.39. The van der Waals surface area contributed by atoms with Gasteiger partial charge in [-0.15, -0.1) is 0 Å². The standard InChI is InChI=1S/C20H26O2/c1-5-19(3,17-13-9-7-10-14-17)21-22-20(4,6-2)18-15-11-8-12-16-18/h7-16H,5-6H2,1-4H3. The molecule has 2 atom stereocenters. The van der Waals surface area contributed by atoms with Crippen LogP contribution in [0.4, 0.5) is 0 Å². The zero-order chi connectivity index (χ0) is 16.1. The molecule has 0 aliphatic rings. The van der Waals surface area contributed by atoms with Crippen LogP contribution in [0.15, 0.2) is 60.7 Å². The molecular weight excluding hydrogens is 272 g/mol. The molecule has 22 heavy (non-hydrogen) atoms. The second kappa shape index (κ2) is 7.08. The molecule has 2 heteroatoms. The summed E-state index contributed by atoms with van der Waals surface area (Å²) in [6.07, 6.45) is 1.68. The van der Waals surface area contributed by atoms with Gasteiger partial charge < -0.3 is 0 Å². The molecule has 0 aromatic heterocycles. The van der Waals surface area contributed by atoms with E-state index in [1.807, 2.05) is 36.4 Å². The molecule has 2 nitrogen and oxygen atoms in total. The highest BCUT2D eigenvalue weighted by atomic mass is 17.2. The van der Waals surface area contributed by atoms with Crippen LogP contribution < -0.4 is 0 Å². The van der Waals surface area contributed by atoms with Gasteiger partial charge in [-0.25, -0.2) is 9.78 Å². The van der Waals surface area contributed by atoms with E-state index >= 15 is 0 Å². The summed E-state index contributed by atoms with van der Waals surface area (Å²) in [5.41, 5.74) is 1.35. The van der Waals surface area contributed by atoms with E-state index < -0.39 is 11.2 Å². The first-order valence-corrected chi connectivity index (χ1v) is 8.02. The van der Waals surface area contributed by atoms with Crippen molar-refractivity contribution in [3.8, 4) is 0 Å². The average molecular weight is 298 g/mol. The van der Waals surface area contributed by atoms with E-state index in [1.54, 1.807) is 0 Å². The molecule has 0 fully saturated rings. The van der Waals surface area contributed by atoms with E-state index in [0.717, 1.165) is 24.0 Å². The summed E-state index contributed by atoms with van der Waals surface area (Å²) >= 11 is 0. The first kappa shape index (κ1) is 16.7. The van der Waals surface area contributed by atoms with Gasteiger partial charge in [0.1, 0.15) is 11.2 Å². The Labute approximate surface area is 134 Å². The Morgan fingerprint density at radius 2 is 0.955 bits per heavy atom. The first-order chi connectivity index (χ1) is 10.5. The van der Waals surface area contributed by atoms with Gasteiger partial charge in [-0.2, -0.15) is 0 Å². The van der Waals surface area contributed by atoms with Crippen molar-refractivity contribution in [1.29, 1.82) is 0 Å². The third kappa shape index (κ3) is 3.57. The minimum Gasteiger partial charge on any atom is -0.225 e.